The number of aromatic nitrogens is 2. The third-order valence-corrected chi connectivity index (χ3v) is 3.47. The molecule has 1 aliphatic heterocycles. The molecule has 106 valence electrons. The highest BCUT2D eigenvalue weighted by Crippen LogP contribution is 2.21. The molecule has 0 spiro atoms. The van der Waals surface area contributed by atoms with E-state index in [1.54, 1.807) is 13.2 Å². The summed E-state index contributed by atoms with van der Waals surface area (Å²) < 4.78 is 5.13. The summed E-state index contributed by atoms with van der Waals surface area (Å²) in [5, 5.41) is 0. The van der Waals surface area contributed by atoms with Crippen molar-refractivity contribution < 1.29 is 4.74 Å². The van der Waals surface area contributed by atoms with E-state index < -0.39 is 0 Å². The van der Waals surface area contributed by atoms with Gasteiger partial charge >= 0.3 is 0 Å². The molecule has 1 fully saturated rings. The normalized spacial score (nSPS) is 22.4. The van der Waals surface area contributed by atoms with Gasteiger partial charge < -0.3 is 15.4 Å². The number of likely N-dealkylation sites (N-methyl/N-ethyl adjacent to an activating group) is 2. The molecule has 0 aliphatic carbocycles. The molecule has 0 amide bonds. The van der Waals surface area contributed by atoms with Crippen molar-refractivity contribution >= 4 is 5.82 Å². The lowest BCUT2D eigenvalue weighted by atomic mass is 10.2. The fraction of sp³-hybridized carbons (Fsp3) is 0.692. The van der Waals surface area contributed by atoms with E-state index in [0.717, 1.165) is 37.6 Å². The number of nitrogens with two attached hydrogens (primary N) is 1. The second-order valence-electron chi connectivity index (χ2n) is 5.19. The van der Waals surface area contributed by atoms with Gasteiger partial charge in [-0.25, -0.2) is 9.97 Å². The average molecular weight is 265 g/mol. The zero-order valence-corrected chi connectivity index (χ0v) is 12.0. The standard InChI is InChI=1S/C13H23N5O/c1-17-5-4-6-18(2)11(8-17)13-15-10(9-19-3)7-12(14)16-13/h7,11H,4-6,8-9H2,1-3H3,(H2,14,15,16). The summed E-state index contributed by atoms with van der Waals surface area (Å²) in [7, 11) is 5.91. The topological polar surface area (TPSA) is 67.5 Å². The minimum Gasteiger partial charge on any atom is -0.384 e. The fourth-order valence-electron chi connectivity index (χ4n) is 2.46. The first-order valence-corrected chi connectivity index (χ1v) is 6.61. The molecule has 1 saturated heterocycles. The van der Waals surface area contributed by atoms with E-state index in [4.69, 9.17) is 10.5 Å². The van der Waals surface area contributed by atoms with E-state index >= 15 is 0 Å². The number of methoxy groups -OCH3 is 1. The van der Waals surface area contributed by atoms with Gasteiger partial charge in [0, 0.05) is 19.7 Å². The molecule has 19 heavy (non-hydrogen) atoms. The summed E-state index contributed by atoms with van der Waals surface area (Å²) in [4.78, 5) is 13.6. The van der Waals surface area contributed by atoms with E-state index in [1.165, 1.54) is 0 Å². The van der Waals surface area contributed by atoms with E-state index in [0.29, 0.717) is 12.4 Å². The van der Waals surface area contributed by atoms with Gasteiger partial charge in [0.25, 0.3) is 0 Å². The lowest BCUT2D eigenvalue weighted by Gasteiger charge is -2.26. The van der Waals surface area contributed by atoms with Crippen molar-refractivity contribution in [1.29, 1.82) is 0 Å². The monoisotopic (exact) mass is 265 g/mol. The molecule has 6 nitrogen and oxygen atoms in total. The molecule has 1 atom stereocenters. The number of rotatable bonds is 3. The maximum atomic E-state index is 5.88. The first-order valence-electron chi connectivity index (χ1n) is 6.61. The minimum absolute atomic E-state index is 0.187. The summed E-state index contributed by atoms with van der Waals surface area (Å²) in [6.45, 7) is 3.54. The number of nitrogen functional groups attached to an aromatic ring is 1. The highest BCUT2D eigenvalue weighted by atomic mass is 16.5. The van der Waals surface area contributed by atoms with Gasteiger partial charge in [-0.05, 0) is 33.6 Å². The van der Waals surface area contributed by atoms with Gasteiger partial charge in [0.05, 0.1) is 18.3 Å². The van der Waals surface area contributed by atoms with Crippen molar-refractivity contribution in [3.63, 3.8) is 0 Å². The van der Waals surface area contributed by atoms with Crippen LogP contribution in [0.1, 0.15) is 24.0 Å². The van der Waals surface area contributed by atoms with E-state index in [1.807, 2.05) is 0 Å². The first-order chi connectivity index (χ1) is 9.10. The molecule has 0 aromatic carbocycles. The highest BCUT2D eigenvalue weighted by Gasteiger charge is 2.25. The van der Waals surface area contributed by atoms with Crippen LogP contribution in [0.3, 0.4) is 0 Å². The SMILES string of the molecule is COCc1cc(N)nc(C2CN(C)CCCN2C)n1. The van der Waals surface area contributed by atoms with Crippen molar-refractivity contribution in [2.24, 2.45) is 0 Å². The lowest BCUT2D eigenvalue weighted by Crippen LogP contribution is -2.32. The molecular formula is C13H23N5O. The largest absolute Gasteiger partial charge is 0.384 e. The summed E-state index contributed by atoms with van der Waals surface area (Å²) in [5.74, 6) is 1.31. The predicted octanol–water partition coefficient (Wildman–Crippen LogP) is 0.514. The van der Waals surface area contributed by atoms with Crippen molar-refractivity contribution in [1.82, 2.24) is 19.8 Å². The zero-order chi connectivity index (χ0) is 13.8. The Morgan fingerprint density at radius 2 is 2.16 bits per heavy atom. The lowest BCUT2D eigenvalue weighted by molar-refractivity contribution is 0.179. The van der Waals surface area contributed by atoms with Crippen LogP contribution in [-0.4, -0.2) is 60.6 Å². The molecular weight excluding hydrogens is 242 g/mol. The Morgan fingerprint density at radius 1 is 1.37 bits per heavy atom. The van der Waals surface area contributed by atoms with Crippen LogP contribution in [0.5, 0.6) is 0 Å². The second kappa shape index (κ2) is 6.27. The predicted molar refractivity (Wildman–Crippen MR) is 74.6 cm³/mol. The van der Waals surface area contributed by atoms with Crippen molar-refractivity contribution in [2.75, 3.05) is 46.6 Å². The Bertz CT molecular complexity index is 425. The minimum atomic E-state index is 0.187. The Kier molecular flexibility index (Phi) is 4.68. The highest BCUT2D eigenvalue weighted by molar-refractivity contribution is 5.30. The summed E-state index contributed by atoms with van der Waals surface area (Å²) >= 11 is 0. The van der Waals surface area contributed by atoms with Gasteiger partial charge in [-0.2, -0.15) is 0 Å². The fourth-order valence-corrected chi connectivity index (χ4v) is 2.46. The van der Waals surface area contributed by atoms with E-state index in [2.05, 4.69) is 33.9 Å². The zero-order valence-electron chi connectivity index (χ0n) is 12.0. The number of hydrogen-bond acceptors (Lipinski definition) is 6. The maximum absolute atomic E-state index is 5.88. The molecule has 2 N–H and O–H groups in total. The molecule has 2 heterocycles. The first kappa shape index (κ1) is 14.2. The molecule has 1 unspecified atom stereocenters. The van der Waals surface area contributed by atoms with Crippen LogP contribution in [0.2, 0.25) is 0 Å². The summed E-state index contributed by atoms with van der Waals surface area (Å²) in [6.07, 6.45) is 1.16. The third-order valence-electron chi connectivity index (χ3n) is 3.47. The smallest absolute Gasteiger partial charge is 0.149 e. The van der Waals surface area contributed by atoms with Gasteiger partial charge in [0.1, 0.15) is 11.6 Å². The van der Waals surface area contributed by atoms with Crippen molar-refractivity contribution in [2.45, 2.75) is 19.1 Å². The molecule has 1 aliphatic rings. The molecule has 0 saturated carbocycles. The van der Waals surface area contributed by atoms with E-state index in [-0.39, 0.29) is 6.04 Å². The van der Waals surface area contributed by atoms with Crippen LogP contribution in [0.15, 0.2) is 6.07 Å². The second-order valence-corrected chi connectivity index (χ2v) is 5.19. The van der Waals surface area contributed by atoms with Crippen molar-refractivity contribution in [3.05, 3.63) is 17.6 Å². The van der Waals surface area contributed by atoms with Gasteiger partial charge in [0.15, 0.2) is 0 Å². The van der Waals surface area contributed by atoms with Crippen LogP contribution in [0, 0.1) is 0 Å². The van der Waals surface area contributed by atoms with Crippen LogP contribution in [-0.2, 0) is 11.3 Å². The van der Waals surface area contributed by atoms with Gasteiger partial charge in [-0.15, -0.1) is 0 Å². The molecule has 1 aromatic rings. The average Bonchev–Trinajstić information content (AvgIpc) is 2.51. The molecule has 2 rings (SSSR count). The van der Waals surface area contributed by atoms with Crippen LogP contribution in [0.4, 0.5) is 5.82 Å². The Balaban J connectivity index is 2.27. The van der Waals surface area contributed by atoms with Crippen LogP contribution in [0.25, 0.3) is 0 Å². The summed E-state index contributed by atoms with van der Waals surface area (Å²) in [5.41, 5.74) is 6.71. The third kappa shape index (κ3) is 3.62. The number of anilines is 1. The molecule has 0 bridgehead atoms. The molecule has 6 heteroatoms. The number of ether oxygens (including phenoxy) is 1. The summed E-state index contributed by atoms with van der Waals surface area (Å²) in [6, 6.07) is 1.96. The quantitative estimate of drug-likeness (QED) is 0.859. The van der Waals surface area contributed by atoms with Crippen molar-refractivity contribution in [3.8, 4) is 0 Å². The maximum Gasteiger partial charge on any atom is 0.149 e. The Labute approximate surface area is 114 Å². The van der Waals surface area contributed by atoms with Gasteiger partial charge in [-0.3, -0.25) is 4.90 Å². The number of nitrogens with zero attached hydrogens (tertiary/aromatic N) is 4. The van der Waals surface area contributed by atoms with Crippen LogP contribution < -0.4 is 5.73 Å². The number of hydrogen-bond donors (Lipinski definition) is 1. The Morgan fingerprint density at radius 3 is 2.89 bits per heavy atom. The van der Waals surface area contributed by atoms with Crippen LogP contribution >= 0.6 is 0 Å². The van der Waals surface area contributed by atoms with E-state index in [9.17, 15) is 0 Å². The van der Waals surface area contributed by atoms with Gasteiger partial charge in [-0.1, -0.05) is 0 Å². The molecule has 0 radical (unpaired) electrons. The van der Waals surface area contributed by atoms with Gasteiger partial charge in [0.2, 0.25) is 0 Å². The Hall–Kier alpha value is -1.24. The molecule has 1 aromatic heterocycles.